The van der Waals surface area contributed by atoms with Gasteiger partial charge in [-0.2, -0.15) is 0 Å². The van der Waals surface area contributed by atoms with Crippen molar-refractivity contribution in [3.05, 3.63) is 12.7 Å². The van der Waals surface area contributed by atoms with E-state index in [2.05, 4.69) is 11.9 Å². The largest absolute Gasteiger partial charge is 0.463 e. The Morgan fingerprint density at radius 2 is 1.77 bits per heavy atom. The van der Waals surface area contributed by atoms with Gasteiger partial charge >= 0.3 is 12.1 Å². The highest BCUT2D eigenvalue weighted by molar-refractivity contribution is 5.75. The van der Waals surface area contributed by atoms with E-state index in [1.165, 1.54) is 6.08 Å². The zero-order chi connectivity index (χ0) is 17.6. The van der Waals surface area contributed by atoms with Gasteiger partial charge < -0.3 is 19.9 Å². The van der Waals surface area contributed by atoms with Crippen molar-refractivity contribution in [1.29, 1.82) is 0 Å². The zero-order valence-corrected chi connectivity index (χ0v) is 14.4. The van der Waals surface area contributed by atoms with E-state index >= 15 is 0 Å². The maximum absolute atomic E-state index is 11.8. The van der Waals surface area contributed by atoms with Crippen LogP contribution in [0.25, 0.3) is 0 Å². The van der Waals surface area contributed by atoms with Gasteiger partial charge in [-0.05, 0) is 48.0 Å². The monoisotopic (exact) mass is 315 g/mol. The standard InChI is InChI=1S/C16H29NO5/c1-8-9-12(18)11(10-21-13(19)15(2,3)4)17-14(20)22-16(5,6)7/h8,11-12,18H,1,9-10H2,2-7H3,(H,17,20)/t11-,12+/m1/s1. The van der Waals surface area contributed by atoms with Crippen LogP contribution in [-0.2, 0) is 14.3 Å². The third-order valence-corrected chi connectivity index (χ3v) is 2.58. The molecule has 0 aliphatic carbocycles. The molecule has 0 aromatic rings. The first-order valence-corrected chi connectivity index (χ1v) is 7.32. The third kappa shape index (κ3) is 8.67. The second kappa shape index (κ2) is 8.17. The van der Waals surface area contributed by atoms with Gasteiger partial charge in [-0.25, -0.2) is 4.79 Å². The highest BCUT2D eigenvalue weighted by Crippen LogP contribution is 2.16. The average molecular weight is 315 g/mol. The van der Waals surface area contributed by atoms with Gasteiger partial charge in [0.15, 0.2) is 0 Å². The molecule has 0 saturated carbocycles. The van der Waals surface area contributed by atoms with Crippen LogP contribution >= 0.6 is 0 Å². The summed E-state index contributed by atoms with van der Waals surface area (Å²) < 4.78 is 10.3. The molecule has 128 valence electrons. The summed E-state index contributed by atoms with van der Waals surface area (Å²) in [5, 5.41) is 12.6. The van der Waals surface area contributed by atoms with E-state index < -0.39 is 35.2 Å². The Labute approximate surface area is 132 Å². The van der Waals surface area contributed by atoms with Crippen LogP contribution in [0, 0.1) is 5.41 Å². The molecule has 2 atom stereocenters. The van der Waals surface area contributed by atoms with Crippen molar-refractivity contribution in [2.75, 3.05) is 6.61 Å². The van der Waals surface area contributed by atoms with Crippen LogP contribution in [0.3, 0.4) is 0 Å². The molecule has 0 saturated heterocycles. The predicted octanol–water partition coefficient (Wildman–Crippen LogP) is 2.41. The quantitative estimate of drug-likeness (QED) is 0.581. The Hall–Kier alpha value is -1.56. The van der Waals surface area contributed by atoms with E-state index in [0.717, 1.165) is 0 Å². The number of hydrogen-bond donors (Lipinski definition) is 2. The molecule has 6 heteroatoms. The van der Waals surface area contributed by atoms with Crippen molar-refractivity contribution >= 4 is 12.1 Å². The van der Waals surface area contributed by atoms with Gasteiger partial charge in [-0.15, -0.1) is 6.58 Å². The zero-order valence-electron chi connectivity index (χ0n) is 14.4. The van der Waals surface area contributed by atoms with Crippen molar-refractivity contribution < 1.29 is 24.2 Å². The van der Waals surface area contributed by atoms with Gasteiger partial charge in [0.05, 0.1) is 17.6 Å². The second-order valence-corrected chi connectivity index (χ2v) is 7.19. The summed E-state index contributed by atoms with van der Waals surface area (Å²) in [6.07, 6.45) is 0.193. The highest BCUT2D eigenvalue weighted by atomic mass is 16.6. The number of amides is 1. The number of rotatable bonds is 6. The summed E-state index contributed by atoms with van der Waals surface area (Å²) >= 11 is 0. The van der Waals surface area contributed by atoms with Gasteiger partial charge in [-0.1, -0.05) is 6.08 Å². The van der Waals surface area contributed by atoms with Crippen LogP contribution in [0.5, 0.6) is 0 Å². The summed E-state index contributed by atoms with van der Waals surface area (Å²) in [5.41, 5.74) is -1.31. The molecule has 0 bridgehead atoms. The van der Waals surface area contributed by atoms with Gasteiger partial charge in [0.1, 0.15) is 12.2 Å². The van der Waals surface area contributed by atoms with E-state index in [1.807, 2.05) is 0 Å². The number of esters is 1. The van der Waals surface area contributed by atoms with Gasteiger partial charge in [-0.3, -0.25) is 4.79 Å². The molecule has 0 aromatic carbocycles. The van der Waals surface area contributed by atoms with Crippen LogP contribution in [0.4, 0.5) is 4.79 Å². The van der Waals surface area contributed by atoms with Gasteiger partial charge in [0.2, 0.25) is 0 Å². The minimum absolute atomic E-state index is 0.135. The van der Waals surface area contributed by atoms with Gasteiger partial charge in [0, 0.05) is 0 Å². The van der Waals surface area contributed by atoms with Crippen LogP contribution in [0.2, 0.25) is 0 Å². The number of carbonyl (C=O) groups excluding carboxylic acids is 2. The smallest absolute Gasteiger partial charge is 0.408 e. The number of nitrogens with one attached hydrogen (secondary N) is 1. The number of alkyl carbamates (subject to hydrolysis) is 1. The lowest BCUT2D eigenvalue weighted by atomic mass is 9.97. The molecule has 0 rings (SSSR count). The van der Waals surface area contributed by atoms with Gasteiger partial charge in [0.25, 0.3) is 0 Å². The molecule has 2 N–H and O–H groups in total. The summed E-state index contributed by atoms with van der Waals surface area (Å²) in [6.45, 7) is 13.8. The number of ether oxygens (including phenoxy) is 2. The van der Waals surface area contributed by atoms with Crippen molar-refractivity contribution in [1.82, 2.24) is 5.32 Å². The van der Waals surface area contributed by atoms with Crippen LogP contribution in [0.1, 0.15) is 48.0 Å². The first-order valence-electron chi connectivity index (χ1n) is 7.32. The Bertz CT molecular complexity index is 392. The normalized spacial score (nSPS) is 14.7. The average Bonchev–Trinajstić information content (AvgIpc) is 2.30. The highest BCUT2D eigenvalue weighted by Gasteiger charge is 2.28. The molecule has 0 fully saturated rings. The summed E-state index contributed by atoms with van der Waals surface area (Å²) in [4.78, 5) is 23.6. The van der Waals surface area contributed by atoms with Crippen LogP contribution < -0.4 is 5.32 Å². The number of carbonyl (C=O) groups is 2. The molecule has 0 heterocycles. The molecular weight excluding hydrogens is 286 g/mol. The molecule has 0 aliphatic heterocycles. The second-order valence-electron chi connectivity index (χ2n) is 7.19. The number of hydrogen-bond acceptors (Lipinski definition) is 5. The van der Waals surface area contributed by atoms with E-state index in [0.29, 0.717) is 0 Å². The van der Waals surface area contributed by atoms with Crippen molar-refractivity contribution in [3.63, 3.8) is 0 Å². The fraction of sp³-hybridized carbons (Fsp3) is 0.750. The van der Waals surface area contributed by atoms with E-state index in [4.69, 9.17) is 9.47 Å². The molecule has 0 aromatic heterocycles. The fourth-order valence-electron chi connectivity index (χ4n) is 1.42. The predicted molar refractivity (Wildman–Crippen MR) is 84.4 cm³/mol. The molecule has 22 heavy (non-hydrogen) atoms. The SMILES string of the molecule is C=CC[C@H](O)[C@@H](COC(=O)C(C)(C)C)NC(=O)OC(C)(C)C. The maximum Gasteiger partial charge on any atom is 0.408 e. The van der Waals surface area contributed by atoms with E-state index in [1.54, 1.807) is 41.5 Å². The van der Waals surface area contributed by atoms with Crippen LogP contribution in [0.15, 0.2) is 12.7 Å². The van der Waals surface area contributed by atoms with E-state index in [9.17, 15) is 14.7 Å². The lowest BCUT2D eigenvalue weighted by Gasteiger charge is -2.27. The van der Waals surface area contributed by atoms with E-state index in [-0.39, 0.29) is 13.0 Å². The lowest BCUT2D eigenvalue weighted by Crippen LogP contribution is -2.48. The summed E-state index contributed by atoms with van der Waals surface area (Å²) in [6, 6.07) is -0.765. The minimum Gasteiger partial charge on any atom is -0.463 e. The molecule has 1 amide bonds. The Kier molecular flexibility index (Phi) is 7.59. The molecule has 0 spiro atoms. The Balaban J connectivity index is 4.74. The lowest BCUT2D eigenvalue weighted by molar-refractivity contribution is -0.154. The molecule has 0 aliphatic rings. The fourth-order valence-corrected chi connectivity index (χ4v) is 1.42. The minimum atomic E-state index is -0.919. The Morgan fingerprint density at radius 3 is 2.18 bits per heavy atom. The topological polar surface area (TPSA) is 84.9 Å². The van der Waals surface area contributed by atoms with Crippen LogP contribution in [-0.4, -0.2) is 41.5 Å². The first kappa shape index (κ1) is 20.4. The first-order chi connectivity index (χ1) is 9.86. The van der Waals surface area contributed by atoms with Crippen molar-refractivity contribution in [3.8, 4) is 0 Å². The molecular formula is C16H29NO5. The summed E-state index contributed by atoms with van der Waals surface area (Å²) in [7, 11) is 0. The number of aliphatic hydroxyl groups is 1. The summed E-state index contributed by atoms with van der Waals surface area (Å²) in [5.74, 6) is -0.408. The molecule has 6 nitrogen and oxygen atoms in total. The molecule has 0 unspecified atom stereocenters. The maximum atomic E-state index is 11.8. The molecule has 0 radical (unpaired) electrons. The Morgan fingerprint density at radius 1 is 1.23 bits per heavy atom. The number of aliphatic hydroxyl groups excluding tert-OH is 1. The van der Waals surface area contributed by atoms with Crippen molar-refractivity contribution in [2.45, 2.75) is 65.7 Å². The van der Waals surface area contributed by atoms with Crippen molar-refractivity contribution in [2.24, 2.45) is 5.41 Å². The third-order valence-electron chi connectivity index (χ3n) is 2.58.